The monoisotopic (exact) mass is 268 g/mol. The van der Waals surface area contributed by atoms with Crippen molar-refractivity contribution in [1.29, 1.82) is 0 Å². The molecular formula is C13H17FN2O3. The number of urea groups is 1. The summed E-state index contributed by atoms with van der Waals surface area (Å²) in [6, 6.07) is 4.57. The number of hydrogen-bond acceptors (Lipinski definition) is 2. The maximum atomic E-state index is 12.7. The molecule has 0 saturated carbocycles. The van der Waals surface area contributed by atoms with Crippen LogP contribution in [0.3, 0.4) is 0 Å². The van der Waals surface area contributed by atoms with E-state index in [4.69, 9.17) is 5.11 Å². The lowest BCUT2D eigenvalue weighted by atomic mass is 10.2. The van der Waals surface area contributed by atoms with Crippen molar-refractivity contribution in [3.05, 3.63) is 30.1 Å². The molecular weight excluding hydrogens is 251 g/mol. The maximum absolute atomic E-state index is 12.7. The molecule has 2 amide bonds. The molecule has 0 saturated heterocycles. The van der Waals surface area contributed by atoms with E-state index >= 15 is 0 Å². The van der Waals surface area contributed by atoms with Crippen molar-refractivity contribution in [3.63, 3.8) is 0 Å². The standard InChI is InChI=1S/C13H17FN2O3/c1-3-16(9(2)8-12(17)18)13(19)15-11-6-4-10(14)5-7-11/h4-7,9H,3,8H2,1-2H3,(H,15,19)(H,17,18). The van der Waals surface area contributed by atoms with Gasteiger partial charge in [-0.1, -0.05) is 0 Å². The van der Waals surface area contributed by atoms with Gasteiger partial charge >= 0.3 is 12.0 Å². The second-order valence-electron chi connectivity index (χ2n) is 4.17. The number of carboxylic acid groups (broad SMARTS) is 1. The summed E-state index contributed by atoms with van der Waals surface area (Å²) in [6.07, 6.45) is -0.120. The maximum Gasteiger partial charge on any atom is 0.322 e. The first-order valence-corrected chi connectivity index (χ1v) is 5.99. The molecule has 104 valence electrons. The van der Waals surface area contributed by atoms with Gasteiger partial charge in [0.1, 0.15) is 5.82 Å². The third-order valence-electron chi connectivity index (χ3n) is 2.70. The molecule has 0 aliphatic rings. The van der Waals surface area contributed by atoms with E-state index in [0.717, 1.165) is 0 Å². The number of nitrogens with zero attached hydrogens (tertiary/aromatic N) is 1. The number of carboxylic acids is 1. The van der Waals surface area contributed by atoms with E-state index in [1.807, 2.05) is 0 Å². The van der Waals surface area contributed by atoms with Gasteiger partial charge in [0.15, 0.2) is 0 Å². The lowest BCUT2D eigenvalue weighted by molar-refractivity contribution is -0.137. The Labute approximate surface area is 111 Å². The molecule has 0 aliphatic heterocycles. The second kappa shape index (κ2) is 6.72. The quantitative estimate of drug-likeness (QED) is 0.862. The van der Waals surface area contributed by atoms with Crippen LogP contribution in [0.25, 0.3) is 0 Å². The molecule has 0 aliphatic carbocycles. The molecule has 2 N–H and O–H groups in total. The summed E-state index contributed by atoms with van der Waals surface area (Å²) in [7, 11) is 0. The van der Waals surface area contributed by atoms with Crippen molar-refractivity contribution in [2.75, 3.05) is 11.9 Å². The Kier molecular flexibility index (Phi) is 5.29. The second-order valence-corrected chi connectivity index (χ2v) is 4.17. The third kappa shape index (κ3) is 4.57. The van der Waals surface area contributed by atoms with Crippen LogP contribution in [0.2, 0.25) is 0 Å². The highest BCUT2D eigenvalue weighted by Crippen LogP contribution is 2.11. The molecule has 5 nitrogen and oxygen atoms in total. The van der Waals surface area contributed by atoms with Crippen LogP contribution in [0.15, 0.2) is 24.3 Å². The summed E-state index contributed by atoms with van der Waals surface area (Å²) >= 11 is 0. The minimum absolute atomic E-state index is 0.120. The fourth-order valence-electron chi connectivity index (χ4n) is 1.75. The molecule has 19 heavy (non-hydrogen) atoms. The fourth-order valence-corrected chi connectivity index (χ4v) is 1.75. The molecule has 0 bridgehead atoms. The molecule has 0 spiro atoms. The van der Waals surface area contributed by atoms with Gasteiger partial charge in [0.25, 0.3) is 0 Å². The first-order valence-electron chi connectivity index (χ1n) is 5.99. The average Bonchev–Trinajstić information content (AvgIpc) is 2.32. The Morgan fingerprint density at radius 2 is 1.95 bits per heavy atom. The summed E-state index contributed by atoms with van der Waals surface area (Å²) in [4.78, 5) is 24.0. The minimum Gasteiger partial charge on any atom is -0.481 e. The molecule has 1 unspecified atom stereocenters. The van der Waals surface area contributed by atoms with Crippen molar-refractivity contribution >= 4 is 17.7 Å². The molecule has 1 atom stereocenters. The van der Waals surface area contributed by atoms with Gasteiger partial charge in [0.2, 0.25) is 0 Å². The number of carbonyl (C=O) groups is 2. The van der Waals surface area contributed by atoms with Crippen LogP contribution < -0.4 is 5.32 Å². The van der Waals surface area contributed by atoms with Crippen LogP contribution in [0.4, 0.5) is 14.9 Å². The van der Waals surface area contributed by atoms with Gasteiger partial charge in [-0.25, -0.2) is 9.18 Å². The zero-order chi connectivity index (χ0) is 14.4. The number of rotatable bonds is 5. The van der Waals surface area contributed by atoms with E-state index in [2.05, 4.69) is 5.32 Å². The number of carbonyl (C=O) groups excluding carboxylic acids is 1. The Hall–Kier alpha value is -2.11. The predicted octanol–water partition coefficient (Wildman–Crippen LogP) is 2.54. The van der Waals surface area contributed by atoms with Crippen LogP contribution in [0, 0.1) is 5.82 Å². The number of nitrogens with one attached hydrogen (secondary N) is 1. The summed E-state index contributed by atoms with van der Waals surface area (Å²) in [5, 5.41) is 11.3. The molecule has 0 aromatic heterocycles. The van der Waals surface area contributed by atoms with Gasteiger partial charge in [-0.15, -0.1) is 0 Å². The number of hydrogen-bond donors (Lipinski definition) is 2. The number of benzene rings is 1. The highest BCUT2D eigenvalue weighted by Gasteiger charge is 2.20. The Morgan fingerprint density at radius 1 is 1.37 bits per heavy atom. The molecule has 0 radical (unpaired) electrons. The normalized spacial score (nSPS) is 11.7. The van der Waals surface area contributed by atoms with Crippen LogP contribution in [0.1, 0.15) is 20.3 Å². The van der Waals surface area contributed by atoms with E-state index in [1.165, 1.54) is 29.2 Å². The highest BCUT2D eigenvalue weighted by molar-refractivity contribution is 5.89. The fraction of sp³-hybridized carbons (Fsp3) is 0.385. The summed E-state index contributed by atoms with van der Waals surface area (Å²) in [6.45, 7) is 3.83. The average molecular weight is 268 g/mol. The van der Waals surface area contributed by atoms with Crippen LogP contribution >= 0.6 is 0 Å². The zero-order valence-corrected chi connectivity index (χ0v) is 10.9. The largest absolute Gasteiger partial charge is 0.481 e. The van der Waals surface area contributed by atoms with Gasteiger partial charge in [0.05, 0.1) is 6.42 Å². The topological polar surface area (TPSA) is 69.6 Å². The van der Waals surface area contributed by atoms with Crippen molar-refractivity contribution in [1.82, 2.24) is 4.90 Å². The van der Waals surface area contributed by atoms with Crippen molar-refractivity contribution in [2.45, 2.75) is 26.3 Å². The Bertz CT molecular complexity index is 448. The Balaban J connectivity index is 2.68. The van der Waals surface area contributed by atoms with Gasteiger partial charge < -0.3 is 15.3 Å². The summed E-state index contributed by atoms with van der Waals surface area (Å²) in [5.74, 6) is -1.34. The SMILES string of the molecule is CCN(C(=O)Nc1ccc(F)cc1)C(C)CC(=O)O. The van der Waals surface area contributed by atoms with Gasteiger partial charge in [-0.3, -0.25) is 4.79 Å². The first kappa shape index (κ1) is 14.9. The number of amides is 2. The minimum atomic E-state index is -0.958. The first-order chi connectivity index (χ1) is 8.93. The number of halogens is 1. The van der Waals surface area contributed by atoms with E-state index in [1.54, 1.807) is 13.8 Å². The van der Waals surface area contributed by atoms with E-state index in [-0.39, 0.29) is 12.2 Å². The van der Waals surface area contributed by atoms with Crippen LogP contribution in [-0.4, -0.2) is 34.6 Å². The number of aliphatic carboxylic acids is 1. The van der Waals surface area contributed by atoms with E-state index < -0.39 is 18.0 Å². The molecule has 1 aromatic rings. The predicted molar refractivity (Wildman–Crippen MR) is 69.5 cm³/mol. The zero-order valence-electron chi connectivity index (χ0n) is 10.9. The highest BCUT2D eigenvalue weighted by atomic mass is 19.1. The van der Waals surface area contributed by atoms with Gasteiger partial charge in [-0.05, 0) is 38.1 Å². The van der Waals surface area contributed by atoms with Crippen LogP contribution in [-0.2, 0) is 4.79 Å². The van der Waals surface area contributed by atoms with Crippen LogP contribution in [0.5, 0.6) is 0 Å². The number of anilines is 1. The van der Waals surface area contributed by atoms with Gasteiger partial charge in [-0.2, -0.15) is 0 Å². The van der Waals surface area contributed by atoms with Gasteiger partial charge in [0, 0.05) is 18.3 Å². The summed E-state index contributed by atoms with van der Waals surface area (Å²) in [5.41, 5.74) is 0.465. The van der Waals surface area contributed by atoms with E-state index in [9.17, 15) is 14.0 Å². The Morgan fingerprint density at radius 3 is 2.42 bits per heavy atom. The van der Waals surface area contributed by atoms with Crippen molar-refractivity contribution in [2.24, 2.45) is 0 Å². The molecule has 6 heteroatoms. The lowest BCUT2D eigenvalue weighted by Gasteiger charge is -2.27. The molecule has 0 heterocycles. The lowest BCUT2D eigenvalue weighted by Crippen LogP contribution is -2.42. The van der Waals surface area contributed by atoms with E-state index in [0.29, 0.717) is 12.2 Å². The molecule has 1 rings (SSSR count). The summed E-state index contributed by atoms with van der Waals surface area (Å²) < 4.78 is 12.7. The smallest absolute Gasteiger partial charge is 0.322 e. The third-order valence-corrected chi connectivity index (χ3v) is 2.70. The molecule has 1 aromatic carbocycles. The van der Waals surface area contributed by atoms with Crippen molar-refractivity contribution < 1.29 is 19.1 Å². The van der Waals surface area contributed by atoms with Crippen molar-refractivity contribution in [3.8, 4) is 0 Å². The molecule has 0 fully saturated rings.